The molecule has 0 radical (unpaired) electrons. The maximum absolute atomic E-state index is 14.1. The van der Waals surface area contributed by atoms with Crippen molar-refractivity contribution in [2.45, 2.75) is 38.2 Å². The fourth-order valence-corrected chi connectivity index (χ4v) is 4.52. The Kier molecular flexibility index (Phi) is 5.51. The summed E-state index contributed by atoms with van der Waals surface area (Å²) in [6.45, 7) is 1.77. The van der Waals surface area contributed by atoms with Crippen LogP contribution in [0.15, 0.2) is 22.2 Å². The van der Waals surface area contributed by atoms with Gasteiger partial charge in [0.15, 0.2) is 0 Å². The van der Waals surface area contributed by atoms with Crippen LogP contribution in [-0.4, -0.2) is 46.6 Å². The van der Waals surface area contributed by atoms with Gasteiger partial charge in [0.2, 0.25) is 5.76 Å². The number of nitrogens with zero attached hydrogens (tertiary/aromatic N) is 3. The SMILES string of the molecule is O=C(NCc1nccs1)c1oc2c(c1C(F)(F)F)-c1nn(C[C@H]3COCCO3)cc1CC2. The number of carbonyl (C=O) groups excluding carboxylic acids is 1. The van der Waals surface area contributed by atoms with E-state index in [9.17, 15) is 18.0 Å². The molecule has 8 nitrogen and oxygen atoms in total. The third-order valence-corrected chi connectivity index (χ3v) is 6.11. The van der Waals surface area contributed by atoms with E-state index in [1.165, 1.54) is 11.3 Å². The standard InChI is InChI=1S/C20H19F3N4O4S/c21-20(22,23)16-15-13(31-18(16)19(28)25-7-14-24-3-6-32-14)2-1-11-8-27(26-17(11)15)9-12-10-29-4-5-30-12/h3,6,8,12H,1-2,4-5,7,9-10H2,(H,25,28)/t12-/m0/s1. The number of thiazole rings is 1. The second-order valence-corrected chi connectivity index (χ2v) is 8.48. The molecule has 0 aromatic carbocycles. The quantitative estimate of drug-likeness (QED) is 0.619. The molecule has 3 aromatic heterocycles. The Hall–Kier alpha value is -2.70. The topological polar surface area (TPSA) is 91.4 Å². The average molecular weight is 468 g/mol. The van der Waals surface area contributed by atoms with Gasteiger partial charge in [-0.25, -0.2) is 4.98 Å². The molecule has 0 unspecified atom stereocenters. The largest absolute Gasteiger partial charge is 0.455 e. The van der Waals surface area contributed by atoms with Crippen molar-refractivity contribution in [2.75, 3.05) is 19.8 Å². The molecule has 170 valence electrons. The van der Waals surface area contributed by atoms with Gasteiger partial charge in [0.05, 0.1) is 44.2 Å². The van der Waals surface area contributed by atoms with Crippen LogP contribution in [0.3, 0.4) is 0 Å². The van der Waals surface area contributed by atoms with Crippen molar-refractivity contribution < 1.29 is 31.9 Å². The highest BCUT2D eigenvalue weighted by molar-refractivity contribution is 7.09. The first-order valence-corrected chi connectivity index (χ1v) is 10.9. The lowest BCUT2D eigenvalue weighted by atomic mass is 9.93. The van der Waals surface area contributed by atoms with E-state index in [0.29, 0.717) is 43.4 Å². The van der Waals surface area contributed by atoms with E-state index in [1.54, 1.807) is 22.5 Å². The fourth-order valence-electron chi connectivity index (χ4n) is 3.96. The summed E-state index contributed by atoms with van der Waals surface area (Å²) in [6, 6.07) is 0. The number of furan rings is 1. The third-order valence-electron chi connectivity index (χ3n) is 5.33. The van der Waals surface area contributed by atoms with E-state index in [1.807, 2.05) is 0 Å². The molecule has 12 heteroatoms. The number of amides is 1. The van der Waals surface area contributed by atoms with Crippen LogP contribution in [0.25, 0.3) is 11.3 Å². The number of fused-ring (bicyclic) bond motifs is 3. The van der Waals surface area contributed by atoms with Crippen molar-refractivity contribution in [3.63, 3.8) is 0 Å². The predicted octanol–water partition coefficient (Wildman–Crippen LogP) is 3.06. The molecular weight excluding hydrogens is 449 g/mol. The normalized spacial score (nSPS) is 18.3. The Morgan fingerprint density at radius 3 is 2.91 bits per heavy atom. The number of rotatable bonds is 5. The molecule has 1 amide bonds. The van der Waals surface area contributed by atoms with E-state index in [-0.39, 0.29) is 36.1 Å². The maximum Gasteiger partial charge on any atom is 0.420 e. The first-order chi connectivity index (χ1) is 15.4. The Bertz CT molecular complexity index is 1120. The van der Waals surface area contributed by atoms with Gasteiger partial charge in [-0.15, -0.1) is 11.3 Å². The first kappa shape index (κ1) is 21.2. The van der Waals surface area contributed by atoms with Gasteiger partial charge in [-0.1, -0.05) is 0 Å². The minimum atomic E-state index is -4.79. The summed E-state index contributed by atoms with van der Waals surface area (Å²) in [6.07, 6.45) is -1.01. The van der Waals surface area contributed by atoms with Gasteiger partial charge in [0, 0.05) is 24.2 Å². The molecule has 1 aliphatic heterocycles. The molecular formula is C20H19F3N4O4S. The summed E-state index contributed by atoms with van der Waals surface area (Å²) >= 11 is 1.29. The van der Waals surface area contributed by atoms with Crippen molar-refractivity contribution in [2.24, 2.45) is 0 Å². The molecule has 2 aliphatic rings. The number of halogens is 3. The molecule has 0 saturated carbocycles. The van der Waals surface area contributed by atoms with Gasteiger partial charge >= 0.3 is 6.18 Å². The molecule has 3 aromatic rings. The van der Waals surface area contributed by atoms with Crippen LogP contribution in [0, 0.1) is 0 Å². The van der Waals surface area contributed by atoms with E-state index < -0.39 is 23.4 Å². The molecule has 0 spiro atoms. The Labute approximate surface area is 184 Å². The number of aryl methyl sites for hydroxylation is 2. The van der Waals surface area contributed by atoms with Gasteiger partial charge in [-0.2, -0.15) is 18.3 Å². The first-order valence-electron chi connectivity index (χ1n) is 10.1. The monoisotopic (exact) mass is 468 g/mol. The molecule has 1 N–H and O–H groups in total. The number of hydrogen-bond acceptors (Lipinski definition) is 7. The third kappa shape index (κ3) is 4.05. The van der Waals surface area contributed by atoms with Gasteiger partial charge in [-0.05, 0) is 12.0 Å². The highest BCUT2D eigenvalue weighted by Gasteiger charge is 2.45. The molecule has 0 bridgehead atoms. The lowest BCUT2D eigenvalue weighted by molar-refractivity contribution is -0.137. The zero-order valence-electron chi connectivity index (χ0n) is 16.8. The lowest BCUT2D eigenvalue weighted by Crippen LogP contribution is -2.32. The van der Waals surface area contributed by atoms with E-state index >= 15 is 0 Å². The fraction of sp³-hybridized carbons (Fsp3) is 0.450. The lowest BCUT2D eigenvalue weighted by Gasteiger charge is -2.22. The van der Waals surface area contributed by atoms with Gasteiger partial charge in [0.25, 0.3) is 5.91 Å². The molecule has 1 fully saturated rings. The smallest absolute Gasteiger partial charge is 0.420 e. The summed E-state index contributed by atoms with van der Waals surface area (Å²) in [5.41, 5.74) is -0.376. The van der Waals surface area contributed by atoms with Crippen molar-refractivity contribution in [3.05, 3.63) is 45.4 Å². The summed E-state index contributed by atoms with van der Waals surface area (Å²) in [7, 11) is 0. The second kappa shape index (κ2) is 8.34. The van der Waals surface area contributed by atoms with E-state index in [0.717, 1.165) is 0 Å². The second-order valence-electron chi connectivity index (χ2n) is 7.50. The number of ether oxygens (including phenoxy) is 2. The van der Waals surface area contributed by atoms with Crippen LogP contribution < -0.4 is 5.32 Å². The number of alkyl halides is 3. The number of hydrogen-bond donors (Lipinski definition) is 1. The van der Waals surface area contributed by atoms with Crippen LogP contribution >= 0.6 is 11.3 Å². The molecule has 1 saturated heterocycles. The van der Waals surface area contributed by atoms with Crippen molar-refractivity contribution in [1.82, 2.24) is 20.1 Å². The van der Waals surface area contributed by atoms with E-state index in [2.05, 4.69) is 15.4 Å². The maximum atomic E-state index is 14.1. The minimum Gasteiger partial charge on any atom is -0.455 e. The molecule has 32 heavy (non-hydrogen) atoms. The summed E-state index contributed by atoms with van der Waals surface area (Å²) in [5, 5.41) is 9.17. The minimum absolute atomic E-state index is 0.0164. The summed E-state index contributed by atoms with van der Waals surface area (Å²) in [4.78, 5) is 16.6. The molecule has 5 rings (SSSR count). The highest BCUT2D eigenvalue weighted by atomic mass is 32.1. The Balaban J connectivity index is 1.47. The van der Waals surface area contributed by atoms with Gasteiger partial charge in [0.1, 0.15) is 22.4 Å². The van der Waals surface area contributed by atoms with Crippen LogP contribution in [0.5, 0.6) is 0 Å². The van der Waals surface area contributed by atoms with Crippen molar-refractivity contribution >= 4 is 17.2 Å². The van der Waals surface area contributed by atoms with Crippen LogP contribution in [0.1, 0.15) is 32.4 Å². The predicted molar refractivity (Wildman–Crippen MR) is 106 cm³/mol. The number of aromatic nitrogens is 3. The summed E-state index contributed by atoms with van der Waals surface area (Å²) < 4.78 is 60.3. The zero-order valence-corrected chi connectivity index (χ0v) is 17.6. The molecule has 4 heterocycles. The van der Waals surface area contributed by atoms with Crippen LogP contribution in [0.4, 0.5) is 13.2 Å². The van der Waals surface area contributed by atoms with Crippen molar-refractivity contribution in [1.29, 1.82) is 0 Å². The Morgan fingerprint density at radius 1 is 1.31 bits per heavy atom. The Morgan fingerprint density at radius 2 is 2.19 bits per heavy atom. The molecule has 1 aliphatic carbocycles. The number of carbonyl (C=O) groups is 1. The van der Waals surface area contributed by atoms with Crippen molar-refractivity contribution in [3.8, 4) is 11.3 Å². The highest BCUT2D eigenvalue weighted by Crippen LogP contribution is 2.46. The average Bonchev–Trinajstić information content (AvgIpc) is 3.49. The number of nitrogens with one attached hydrogen (secondary N) is 1. The van der Waals surface area contributed by atoms with Crippen LogP contribution in [0.2, 0.25) is 0 Å². The zero-order chi connectivity index (χ0) is 22.3. The molecule has 1 atom stereocenters. The van der Waals surface area contributed by atoms with Crippen LogP contribution in [-0.2, 0) is 41.6 Å². The van der Waals surface area contributed by atoms with E-state index in [4.69, 9.17) is 13.9 Å². The van der Waals surface area contributed by atoms with Gasteiger partial charge < -0.3 is 19.2 Å². The summed E-state index contributed by atoms with van der Waals surface area (Å²) in [5.74, 6) is -1.56. The van der Waals surface area contributed by atoms with Gasteiger partial charge in [-0.3, -0.25) is 9.48 Å².